The molecule has 2 N–H and O–H groups in total. The number of nitrogens with zero attached hydrogens (tertiary/aromatic N) is 1. The van der Waals surface area contributed by atoms with Gasteiger partial charge in [-0.2, -0.15) is 0 Å². The third-order valence-corrected chi connectivity index (χ3v) is 4.78. The molecule has 0 spiro atoms. The zero-order valence-corrected chi connectivity index (χ0v) is 14.3. The first-order chi connectivity index (χ1) is 12.0. The first-order valence-corrected chi connectivity index (χ1v) is 8.54. The van der Waals surface area contributed by atoms with Gasteiger partial charge in [-0.05, 0) is 31.4 Å². The number of carboxylic acids is 1. The van der Waals surface area contributed by atoms with Gasteiger partial charge in [0.2, 0.25) is 0 Å². The van der Waals surface area contributed by atoms with E-state index in [4.69, 9.17) is 0 Å². The molecule has 1 aromatic heterocycles. The van der Waals surface area contributed by atoms with E-state index in [2.05, 4.69) is 10.3 Å². The van der Waals surface area contributed by atoms with Crippen molar-refractivity contribution in [1.82, 2.24) is 10.3 Å². The number of benzene rings is 1. The number of amides is 1. The molecule has 0 radical (unpaired) electrons. The number of aryl methyl sites for hydroxylation is 1. The molecule has 0 aliphatic heterocycles. The minimum Gasteiger partial charge on any atom is -0.481 e. The van der Waals surface area contributed by atoms with Crippen LogP contribution in [0, 0.1) is 6.92 Å². The minimum atomic E-state index is -0.881. The largest absolute Gasteiger partial charge is 0.481 e. The van der Waals surface area contributed by atoms with Crippen molar-refractivity contribution in [3.63, 3.8) is 0 Å². The van der Waals surface area contributed by atoms with Crippen LogP contribution in [0.3, 0.4) is 0 Å². The standard InChI is InChI=1S/C20H22N2O3/c1-14-5-4-6-15(9-14)16-10-17(13-21-12-16)19(25)22-20(11-18(23)24)7-2-3-8-20/h4-6,9-10,12-13H,2-3,7-8,11H2,1H3,(H,22,25)(H,23,24). The van der Waals surface area contributed by atoms with E-state index in [1.165, 1.54) is 6.20 Å². The summed E-state index contributed by atoms with van der Waals surface area (Å²) < 4.78 is 0. The van der Waals surface area contributed by atoms with Crippen LogP contribution >= 0.6 is 0 Å². The summed E-state index contributed by atoms with van der Waals surface area (Å²) >= 11 is 0. The summed E-state index contributed by atoms with van der Waals surface area (Å²) in [5, 5.41) is 12.1. The predicted molar refractivity (Wildman–Crippen MR) is 95.3 cm³/mol. The molecule has 0 saturated heterocycles. The first-order valence-electron chi connectivity index (χ1n) is 8.54. The fraction of sp³-hybridized carbons (Fsp3) is 0.350. The maximum atomic E-state index is 12.7. The molecular formula is C20H22N2O3. The van der Waals surface area contributed by atoms with Crippen molar-refractivity contribution in [2.45, 2.75) is 44.6 Å². The zero-order valence-electron chi connectivity index (χ0n) is 14.3. The lowest BCUT2D eigenvalue weighted by molar-refractivity contribution is -0.138. The topological polar surface area (TPSA) is 79.3 Å². The van der Waals surface area contributed by atoms with E-state index in [1.54, 1.807) is 12.3 Å². The van der Waals surface area contributed by atoms with Crippen molar-refractivity contribution < 1.29 is 14.7 Å². The Balaban J connectivity index is 1.83. The van der Waals surface area contributed by atoms with Crippen LogP contribution in [0.25, 0.3) is 11.1 Å². The van der Waals surface area contributed by atoms with Crippen molar-refractivity contribution in [2.75, 3.05) is 0 Å². The van der Waals surface area contributed by atoms with Gasteiger partial charge in [-0.15, -0.1) is 0 Å². The van der Waals surface area contributed by atoms with Gasteiger partial charge in [0.15, 0.2) is 0 Å². The Hall–Kier alpha value is -2.69. The van der Waals surface area contributed by atoms with Crippen LogP contribution < -0.4 is 5.32 Å². The van der Waals surface area contributed by atoms with Crippen LogP contribution in [0.2, 0.25) is 0 Å². The van der Waals surface area contributed by atoms with E-state index in [0.717, 1.165) is 29.5 Å². The fourth-order valence-electron chi connectivity index (χ4n) is 3.55. The van der Waals surface area contributed by atoms with Gasteiger partial charge in [-0.3, -0.25) is 14.6 Å². The Morgan fingerprint density at radius 2 is 1.92 bits per heavy atom. The molecule has 5 heteroatoms. The molecule has 0 bridgehead atoms. The van der Waals surface area contributed by atoms with Gasteiger partial charge in [0.1, 0.15) is 0 Å². The van der Waals surface area contributed by atoms with Crippen molar-refractivity contribution >= 4 is 11.9 Å². The van der Waals surface area contributed by atoms with Crippen LogP contribution in [0.4, 0.5) is 0 Å². The smallest absolute Gasteiger partial charge is 0.305 e. The maximum absolute atomic E-state index is 12.7. The number of carbonyl (C=O) groups is 2. The summed E-state index contributed by atoms with van der Waals surface area (Å²) in [6.45, 7) is 2.02. The number of rotatable bonds is 5. The molecule has 0 atom stereocenters. The van der Waals surface area contributed by atoms with E-state index < -0.39 is 11.5 Å². The number of carbonyl (C=O) groups excluding carboxylic acids is 1. The van der Waals surface area contributed by atoms with Crippen molar-refractivity contribution in [3.8, 4) is 11.1 Å². The van der Waals surface area contributed by atoms with Crippen molar-refractivity contribution in [2.24, 2.45) is 0 Å². The number of hydrogen-bond acceptors (Lipinski definition) is 3. The molecule has 1 fully saturated rings. The summed E-state index contributed by atoms with van der Waals surface area (Å²) in [5.41, 5.74) is 2.83. The van der Waals surface area contributed by atoms with Gasteiger partial charge in [0.25, 0.3) is 5.91 Å². The molecule has 3 rings (SSSR count). The van der Waals surface area contributed by atoms with Crippen LogP contribution in [-0.4, -0.2) is 27.5 Å². The second-order valence-electron chi connectivity index (χ2n) is 6.84. The average Bonchev–Trinajstić information content (AvgIpc) is 3.02. The maximum Gasteiger partial charge on any atom is 0.305 e. The number of aliphatic carboxylic acids is 1. The Morgan fingerprint density at radius 1 is 1.16 bits per heavy atom. The summed E-state index contributed by atoms with van der Waals surface area (Å²) in [6.07, 6.45) is 6.51. The normalized spacial score (nSPS) is 15.7. The van der Waals surface area contributed by atoms with Crippen LogP contribution in [0.15, 0.2) is 42.7 Å². The summed E-state index contributed by atoms with van der Waals surface area (Å²) in [7, 11) is 0. The van der Waals surface area contributed by atoms with Crippen molar-refractivity contribution in [3.05, 3.63) is 53.9 Å². The second-order valence-corrected chi connectivity index (χ2v) is 6.84. The Kier molecular flexibility index (Phi) is 4.83. The Bertz CT molecular complexity index is 795. The molecular weight excluding hydrogens is 316 g/mol. The lowest BCUT2D eigenvalue weighted by Gasteiger charge is -2.28. The first kappa shape index (κ1) is 17.1. The van der Waals surface area contributed by atoms with Gasteiger partial charge >= 0.3 is 5.97 Å². The van der Waals surface area contributed by atoms with E-state index in [9.17, 15) is 14.7 Å². The lowest BCUT2D eigenvalue weighted by atomic mass is 9.92. The number of nitrogens with one attached hydrogen (secondary N) is 1. The van der Waals surface area contributed by atoms with Crippen LogP contribution in [0.5, 0.6) is 0 Å². The number of pyridine rings is 1. The van der Waals surface area contributed by atoms with E-state index in [0.29, 0.717) is 18.4 Å². The quantitative estimate of drug-likeness (QED) is 0.873. The zero-order chi connectivity index (χ0) is 17.9. The molecule has 1 aliphatic rings. The molecule has 2 aromatic rings. The summed E-state index contributed by atoms with van der Waals surface area (Å²) in [6, 6.07) is 9.82. The molecule has 5 nitrogen and oxygen atoms in total. The molecule has 1 amide bonds. The number of aromatic nitrogens is 1. The van der Waals surface area contributed by atoms with Crippen LogP contribution in [-0.2, 0) is 4.79 Å². The van der Waals surface area contributed by atoms with E-state index in [1.807, 2.05) is 31.2 Å². The highest BCUT2D eigenvalue weighted by atomic mass is 16.4. The van der Waals surface area contributed by atoms with E-state index >= 15 is 0 Å². The molecule has 1 saturated carbocycles. The van der Waals surface area contributed by atoms with Gasteiger partial charge in [-0.25, -0.2) is 0 Å². The Labute approximate surface area is 147 Å². The lowest BCUT2D eigenvalue weighted by Crippen LogP contribution is -2.47. The molecule has 130 valence electrons. The fourth-order valence-corrected chi connectivity index (χ4v) is 3.55. The predicted octanol–water partition coefficient (Wildman–Crippen LogP) is 3.57. The van der Waals surface area contributed by atoms with Gasteiger partial charge < -0.3 is 10.4 Å². The second kappa shape index (κ2) is 7.05. The van der Waals surface area contributed by atoms with E-state index in [-0.39, 0.29) is 12.3 Å². The molecule has 0 unspecified atom stereocenters. The molecule has 1 heterocycles. The minimum absolute atomic E-state index is 0.0380. The Morgan fingerprint density at radius 3 is 2.60 bits per heavy atom. The third-order valence-electron chi connectivity index (χ3n) is 4.78. The number of hydrogen-bond donors (Lipinski definition) is 2. The third kappa shape index (κ3) is 4.05. The molecule has 25 heavy (non-hydrogen) atoms. The monoisotopic (exact) mass is 338 g/mol. The molecule has 1 aliphatic carbocycles. The number of carboxylic acid groups (broad SMARTS) is 1. The van der Waals surface area contributed by atoms with Gasteiger partial charge in [-0.1, -0.05) is 42.7 Å². The van der Waals surface area contributed by atoms with Crippen LogP contribution in [0.1, 0.15) is 48.0 Å². The average molecular weight is 338 g/mol. The summed E-state index contributed by atoms with van der Waals surface area (Å²) in [4.78, 5) is 28.1. The highest BCUT2D eigenvalue weighted by molar-refractivity contribution is 5.95. The van der Waals surface area contributed by atoms with Gasteiger partial charge in [0, 0.05) is 18.0 Å². The molecule has 1 aromatic carbocycles. The summed E-state index contributed by atoms with van der Waals surface area (Å²) in [5.74, 6) is -1.14. The highest BCUT2D eigenvalue weighted by Crippen LogP contribution is 2.33. The SMILES string of the molecule is Cc1cccc(-c2cncc(C(=O)NC3(CC(=O)O)CCCC3)c2)c1. The van der Waals surface area contributed by atoms with Gasteiger partial charge in [0.05, 0.1) is 17.5 Å². The highest BCUT2D eigenvalue weighted by Gasteiger charge is 2.37. The van der Waals surface area contributed by atoms with Crippen molar-refractivity contribution in [1.29, 1.82) is 0 Å².